The molecule has 122 valence electrons. The van der Waals surface area contributed by atoms with Crippen LogP contribution in [0.1, 0.15) is 23.2 Å². The van der Waals surface area contributed by atoms with Gasteiger partial charge in [0, 0.05) is 38.2 Å². The number of carbonyl (C=O) groups is 2. The third-order valence-electron chi connectivity index (χ3n) is 5.02. The molecule has 2 aromatic rings. The van der Waals surface area contributed by atoms with Gasteiger partial charge in [-0.1, -0.05) is 0 Å². The molecule has 1 spiro atoms. The van der Waals surface area contributed by atoms with Crippen molar-refractivity contribution in [3.05, 3.63) is 54.6 Å². The summed E-state index contributed by atoms with van der Waals surface area (Å²) in [6.07, 6.45) is 8.13. The maximum atomic E-state index is 13.0. The molecule has 0 saturated carbocycles. The first kappa shape index (κ1) is 14.8. The molecule has 0 aliphatic carbocycles. The molecular weight excluding hydrogens is 304 g/mol. The molecule has 2 saturated heterocycles. The Morgan fingerprint density at radius 1 is 1.04 bits per heavy atom. The van der Waals surface area contributed by atoms with Crippen LogP contribution in [0.3, 0.4) is 0 Å². The van der Waals surface area contributed by atoms with Gasteiger partial charge in [0.15, 0.2) is 0 Å². The standard InChI is InChI=1S/C18H18N4O2/c23-16(14-3-1-7-19-11-14)21-9-5-18(13-21)6-10-22(17(18)24)15-4-2-8-20-12-15/h1-4,7-8,11-12H,5-6,9-10,13H2/t18-/m0/s1. The summed E-state index contributed by atoms with van der Waals surface area (Å²) in [6.45, 7) is 1.77. The van der Waals surface area contributed by atoms with Crippen LogP contribution < -0.4 is 4.90 Å². The average molecular weight is 322 g/mol. The van der Waals surface area contributed by atoms with Crippen LogP contribution in [0.5, 0.6) is 0 Å². The second-order valence-electron chi connectivity index (χ2n) is 6.42. The van der Waals surface area contributed by atoms with Crippen molar-refractivity contribution < 1.29 is 9.59 Å². The van der Waals surface area contributed by atoms with Crippen molar-refractivity contribution in [1.82, 2.24) is 14.9 Å². The Labute approximate surface area is 140 Å². The molecule has 0 radical (unpaired) electrons. The number of hydrogen-bond donors (Lipinski definition) is 0. The van der Waals surface area contributed by atoms with Crippen molar-refractivity contribution in [3.8, 4) is 0 Å². The topological polar surface area (TPSA) is 66.4 Å². The molecule has 2 aromatic heterocycles. The highest BCUT2D eigenvalue weighted by Gasteiger charge is 2.52. The van der Waals surface area contributed by atoms with Gasteiger partial charge in [-0.15, -0.1) is 0 Å². The number of rotatable bonds is 2. The number of hydrogen-bond acceptors (Lipinski definition) is 4. The molecule has 2 aliphatic heterocycles. The summed E-state index contributed by atoms with van der Waals surface area (Å²) in [6, 6.07) is 7.25. The fraction of sp³-hybridized carbons (Fsp3) is 0.333. The third kappa shape index (κ3) is 2.35. The van der Waals surface area contributed by atoms with Gasteiger partial charge in [-0.05, 0) is 37.1 Å². The zero-order chi connectivity index (χ0) is 16.6. The molecule has 4 rings (SSSR count). The molecule has 2 amide bonds. The van der Waals surface area contributed by atoms with Crippen LogP contribution in [0.25, 0.3) is 0 Å². The lowest BCUT2D eigenvalue weighted by atomic mass is 9.85. The van der Waals surface area contributed by atoms with E-state index >= 15 is 0 Å². The van der Waals surface area contributed by atoms with Gasteiger partial charge in [0.05, 0.1) is 22.9 Å². The molecule has 0 bridgehead atoms. The molecule has 0 N–H and O–H groups in total. The molecule has 0 unspecified atom stereocenters. The first-order chi connectivity index (χ1) is 11.7. The minimum Gasteiger partial charge on any atom is -0.337 e. The highest BCUT2D eigenvalue weighted by molar-refractivity contribution is 6.01. The normalized spacial score (nSPS) is 23.2. The van der Waals surface area contributed by atoms with Crippen molar-refractivity contribution in [2.45, 2.75) is 12.8 Å². The monoisotopic (exact) mass is 322 g/mol. The molecule has 2 aliphatic rings. The van der Waals surface area contributed by atoms with Gasteiger partial charge < -0.3 is 9.80 Å². The van der Waals surface area contributed by atoms with E-state index in [2.05, 4.69) is 9.97 Å². The maximum absolute atomic E-state index is 13.0. The third-order valence-corrected chi connectivity index (χ3v) is 5.02. The second-order valence-corrected chi connectivity index (χ2v) is 6.42. The smallest absolute Gasteiger partial charge is 0.255 e. The van der Waals surface area contributed by atoms with Crippen LogP contribution >= 0.6 is 0 Å². The summed E-state index contributed by atoms with van der Waals surface area (Å²) in [7, 11) is 0. The largest absolute Gasteiger partial charge is 0.337 e. The van der Waals surface area contributed by atoms with Crippen molar-refractivity contribution in [2.75, 3.05) is 24.5 Å². The van der Waals surface area contributed by atoms with Crippen LogP contribution in [-0.2, 0) is 4.79 Å². The Balaban J connectivity index is 1.52. The van der Waals surface area contributed by atoms with Gasteiger partial charge in [-0.3, -0.25) is 19.6 Å². The Morgan fingerprint density at radius 3 is 2.50 bits per heavy atom. The fourth-order valence-corrected chi connectivity index (χ4v) is 3.68. The number of aromatic nitrogens is 2. The van der Waals surface area contributed by atoms with Crippen molar-refractivity contribution in [3.63, 3.8) is 0 Å². The van der Waals surface area contributed by atoms with Gasteiger partial charge in [-0.25, -0.2) is 0 Å². The average Bonchev–Trinajstić information content (AvgIpc) is 3.21. The van der Waals surface area contributed by atoms with E-state index < -0.39 is 5.41 Å². The van der Waals surface area contributed by atoms with Crippen LogP contribution in [0, 0.1) is 5.41 Å². The van der Waals surface area contributed by atoms with Crippen molar-refractivity contribution >= 4 is 17.5 Å². The van der Waals surface area contributed by atoms with Crippen molar-refractivity contribution in [1.29, 1.82) is 0 Å². The zero-order valence-electron chi connectivity index (χ0n) is 13.3. The maximum Gasteiger partial charge on any atom is 0.255 e. The van der Waals surface area contributed by atoms with E-state index in [1.54, 1.807) is 46.7 Å². The molecule has 1 atom stereocenters. The number of likely N-dealkylation sites (tertiary alicyclic amines) is 1. The van der Waals surface area contributed by atoms with E-state index in [1.165, 1.54) is 0 Å². The number of pyridine rings is 2. The minimum absolute atomic E-state index is 0.0485. The molecule has 4 heterocycles. The molecule has 6 nitrogen and oxygen atoms in total. The van der Waals surface area contributed by atoms with Gasteiger partial charge in [0.1, 0.15) is 0 Å². The molecule has 2 fully saturated rings. The quantitative estimate of drug-likeness (QED) is 0.845. The van der Waals surface area contributed by atoms with Gasteiger partial charge in [-0.2, -0.15) is 0 Å². The summed E-state index contributed by atoms with van der Waals surface area (Å²) in [4.78, 5) is 37.3. The lowest BCUT2D eigenvalue weighted by Gasteiger charge is -2.23. The Bertz CT molecular complexity index is 765. The molecular formula is C18H18N4O2. The predicted octanol–water partition coefficient (Wildman–Crippen LogP) is 1.75. The summed E-state index contributed by atoms with van der Waals surface area (Å²) in [5.41, 5.74) is 0.953. The van der Waals surface area contributed by atoms with Crippen LogP contribution in [0.4, 0.5) is 5.69 Å². The highest BCUT2D eigenvalue weighted by atomic mass is 16.2. The summed E-state index contributed by atoms with van der Waals surface area (Å²) >= 11 is 0. The summed E-state index contributed by atoms with van der Waals surface area (Å²) in [5.74, 6) is 0.0598. The first-order valence-corrected chi connectivity index (χ1v) is 8.11. The summed E-state index contributed by atoms with van der Waals surface area (Å²) in [5, 5.41) is 0. The van der Waals surface area contributed by atoms with Crippen LogP contribution in [0.2, 0.25) is 0 Å². The van der Waals surface area contributed by atoms with E-state index in [1.807, 2.05) is 12.1 Å². The first-order valence-electron chi connectivity index (χ1n) is 8.11. The zero-order valence-corrected chi connectivity index (χ0v) is 13.3. The highest BCUT2D eigenvalue weighted by Crippen LogP contribution is 2.42. The van der Waals surface area contributed by atoms with E-state index in [0.717, 1.165) is 12.1 Å². The number of amides is 2. The van der Waals surface area contributed by atoms with E-state index in [9.17, 15) is 9.59 Å². The Hall–Kier alpha value is -2.76. The predicted molar refractivity (Wildman–Crippen MR) is 88.4 cm³/mol. The van der Waals surface area contributed by atoms with E-state index in [4.69, 9.17) is 0 Å². The SMILES string of the molecule is O=C(c1cccnc1)N1CC[C@]2(CCN(c3cccnc3)C2=O)C1. The number of anilines is 1. The minimum atomic E-state index is -0.451. The van der Waals surface area contributed by atoms with Gasteiger partial charge in [0.25, 0.3) is 5.91 Å². The second kappa shape index (κ2) is 5.70. The number of carbonyl (C=O) groups excluding carboxylic acids is 2. The molecule has 24 heavy (non-hydrogen) atoms. The molecule has 6 heteroatoms. The molecule has 0 aromatic carbocycles. The Kier molecular flexibility index (Phi) is 3.52. The summed E-state index contributed by atoms with van der Waals surface area (Å²) < 4.78 is 0. The fourth-order valence-electron chi connectivity index (χ4n) is 3.68. The lowest BCUT2D eigenvalue weighted by Crippen LogP contribution is -2.38. The van der Waals surface area contributed by atoms with E-state index in [0.29, 0.717) is 31.6 Å². The van der Waals surface area contributed by atoms with Gasteiger partial charge >= 0.3 is 0 Å². The van der Waals surface area contributed by atoms with Crippen LogP contribution in [-0.4, -0.2) is 46.3 Å². The van der Waals surface area contributed by atoms with Crippen molar-refractivity contribution in [2.24, 2.45) is 5.41 Å². The van der Waals surface area contributed by atoms with Crippen LogP contribution in [0.15, 0.2) is 49.1 Å². The lowest BCUT2D eigenvalue weighted by molar-refractivity contribution is -0.124. The number of nitrogens with zero attached hydrogens (tertiary/aromatic N) is 4. The Morgan fingerprint density at radius 2 is 1.79 bits per heavy atom. The van der Waals surface area contributed by atoms with Gasteiger partial charge in [0.2, 0.25) is 5.91 Å². The van der Waals surface area contributed by atoms with E-state index in [-0.39, 0.29) is 11.8 Å².